The van der Waals surface area contributed by atoms with Crippen molar-refractivity contribution in [1.29, 1.82) is 0 Å². The Hall–Kier alpha value is -2.66. The molecule has 0 fully saturated rings. The molecule has 1 atom stereocenters. The average molecular weight is 427 g/mol. The van der Waals surface area contributed by atoms with E-state index in [2.05, 4.69) is 6.58 Å². The molecule has 2 heterocycles. The number of benzene rings is 3. The molecule has 29 heavy (non-hydrogen) atoms. The molecule has 146 valence electrons. The molecule has 4 nitrogen and oxygen atoms in total. The summed E-state index contributed by atoms with van der Waals surface area (Å²) in [6.07, 6.45) is 1.67. The lowest BCUT2D eigenvalue weighted by atomic mass is 9.77. The van der Waals surface area contributed by atoms with Crippen molar-refractivity contribution in [2.45, 2.75) is 12.2 Å². The predicted octanol–water partition coefficient (Wildman–Crippen LogP) is 6.19. The van der Waals surface area contributed by atoms with Gasteiger partial charge in [-0.2, -0.15) is 0 Å². The highest BCUT2D eigenvalue weighted by Crippen LogP contribution is 2.60. The Bertz CT molecular complexity index is 1160. The first-order valence-corrected chi connectivity index (χ1v) is 9.81. The number of rotatable bonds is 3. The van der Waals surface area contributed by atoms with E-state index in [9.17, 15) is 5.11 Å². The largest absolute Gasteiger partial charge is 0.505 e. The Morgan fingerprint density at radius 3 is 2.76 bits per heavy atom. The Kier molecular flexibility index (Phi) is 4.24. The Morgan fingerprint density at radius 1 is 1.10 bits per heavy atom. The van der Waals surface area contributed by atoms with Gasteiger partial charge in [0, 0.05) is 17.2 Å². The highest BCUT2D eigenvalue weighted by atomic mass is 35.5. The van der Waals surface area contributed by atoms with Crippen molar-refractivity contribution < 1.29 is 19.3 Å². The SMILES string of the molecule is C=CCOc1ccc2c(c1)Oc1c(cc(Cl)c(O)c1Cl)C21OCc2ccccc21. The van der Waals surface area contributed by atoms with E-state index in [4.69, 9.17) is 37.4 Å². The molecule has 3 aromatic rings. The second-order valence-electron chi connectivity index (χ2n) is 6.88. The van der Waals surface area contributed by atoms with E-state index in [-0.39, 0.29) is 15.8 Å². The van der Waals surface area contributed by atoms with Gasteiger partial charge >= 0.3 is 0 Å². The van der Waals surface area contributed by atoms with Crippen molar-refractivity contribution in [3.8, 4) is 23.0 Å². The molecule has 0 amide bonds. The maximum Gasteiger partial charge on any atom is 0.156 e. The second-order valence-corrected chi connectivity index (χ2v) is 7.67. The summed E-state index contributed by atoms with van der Waals surface area (Å²) < 4.78 is 18.2. The van der Waals surface area contributed by atoms with Gasteiger partial charge in [-0.3, -0.25) is 0 Å². The van der Waals surface area contributed by atoms with Gasteiger partial charge < -0.3 is 19.3 Å². The molecule has 0 saturated heterocycles. The van der Waals surface area contributed by atoms with Crippen molar-refractivity contribution in [2.75, 3.05) is 6.61 Å². The molecule has 0 aromatic heterocycles. The highest BCUT2D eigenvalue weighted by molar-refractivity contribution is 6.38. The standard InChI is InChI=1S/C23H16Cl2O4/c1-2-9-27-14-7-8-16-19(10-14)29-22-17(11-18(24)21(26)20(22)25)23(16)15-6-4-3-5-13(15)12-28-23/h2-8,10-11,26H,1,9,12H2. The highest BCUT2D eigenvalue weighted by Gasteiger charge is 2.50. The van der Waals surface area contributed by atoms with Crippen LogP contribution < -0.4 is 9.47 Å². The lowest BCUT2D eigenvalue weighted by molar-refractivity contribution is 0.0198. The molecule has 2 aliphatic heterocycles. The summed E-state index contributed by atoms with van der Waals surface area (Å²) in [7, 11) is 0. The van der Waals surface area contributed by atoms with E-state index in [0.717, 1.165) is 16.7 Å². The van der Waals surface area contributed by atoms with Gasteiger partial charge in [0.15, 0.2) is 17.1 Å². The molecule has 0 saturated carbocycles. The van der Waals surface area contributed by atoms with Gasteiger partial charge in [0.1, 0.15) is 23.1 Å². The molecule has 1 N–H and O–H groups in total. The van der Waals surface area contributed by atoms with E-state index in [1.807, 2.05) is 36.4 Å². The monoisotopic (exact) mass is 426 g/mol. The van der Waals surface area contributed by atoms with Gasteiger partial charge in [0.25, 0.3) is 0 Å². The van der Waals surface area contributed by atoms with Crippen LogP contribution in [0.3, 0.4) is 0 Å². The first kappa shape index (κ1) is 18.4. The quantitative estimate of drug-likeness (QED) is 0.507. The van der Waals surface area contributed by atoms with Gasteiger partial charge in [-0.1, -0.05) is 60.1 Å². The normalized spacial score (nSPS) is 18.6. The average Bonchev–Trinajstić information content (AvgIpc) is 3.12. The van der Waals surface area contributed by atoms with Crippen LogP contribution in [0.25, 0.3) is 0 Å². The fourth-order valence-corrected chi connectivity index (χ4v) is 4.52. The van der Waals surface area contributed by atoms with Crippen molar-refractivity contribution in [2.24, 2.45) is 0 Å². The van der Waals surface area contributed by atoms with Crippen LogP contribution in [0.4, 0.5) is 0 Å². The number of phenols is 1. The zero-order valence-electron chi connectivity index (χ0n) is 15.2. The van der Waals surface area contributed by atoms with Gasteiger partial charge in [0.05, 0.1) is 11.6 Å². The van der Waals surface area contributed by atoms with Crippen LogP contribution in [0.15, 0.2) is 61.2 Å². The second kappa shape index (κ2) is 6.70. The van der Waals surface area contributed by atoms with Gasteiger partial charge in [0.2, 0.25) is 0 Å². The van der Waals surface area contributed by atoms with Crippen molar-refractivity contribution in [3.05, 3.63) is 93.5 Å². The topological polar surface area (TPSA) is 47.9 Å². The molecule has 1 unspecified atom stereocenters. The minimum atomic E-state index is -0.947. The Labute approximate surface area is 177 Å². The molecular formula is C23H16Cl2O4. The number of ether oxygens (including phenoxy) is 3. The molecule has 0 aliphatic carbocycles. The first-order chi connectivity index (χ1) is 14.1. The van der Waals surface area contributed by atoms with Crippen molar-refractivity contribution in [1.82, 2.24) is 0 Å². The lowest BCUT2D eigenvalue weighted by Crippen LogP contribution is -2.32. The molecule has 2 aliphatic rings. The molecule has 6 heteroatoms. The molecule has 1 spiro atoms. The minimum absolute atomic E-state index is 0.0444. The fourth-order valence-electron chi connectivity index (χ4n) is 4.03. The molecule has 0 radical (unpaired) electrons. The number of aromatic hydroxyl groups is 1. The van der Waals surface area contributed by atoms with Gasteiger partial charge in [-0.25, -0.2) is 0 Å². The molecule has 0 bridgehead atoms. The van der Waals surface area contributed by atoms with Crippen molar-refractivity contribution in [3.63, 3.8) is 0 Å². The predicted molar refractivity (Wildman–Crippen MR) is 111 cm³/mol. The summed E-state index contributed by atoms with van der Waals surface area (Å²) in [4.78, 5) is 0. The minimum Gasteiger partial charge on any atom is -0.505 e. The summed E-state index contributed by atoms with van der Waals surface area (Å²) in [5.74, 6) is 1.26. The smallest absolute Gasteiger partial charge is 0.156 e. The number of phenolic OH excluding ortho intramolecular Hbond substituents is 1. The van der Waals surface area contributed by atoms with E-state index in [1.54, 1.807) is 18.2 Å². The number of hydrogen-bond donors (Lipinski definition) is 1. The number of halogens is 2. The zero-order valence-corrected chi connectivity index (χ0v) is 16.8. The molecular weight excluding hydrogens is 411 g/mol. The van der Waals surface area contributed by atoms with Gasteiger partial charge in [-0.15, -0.1) is 0 Å². The summed E-state index contributed by atoms with van der Waals surface area (Å²) in [5, 5.41) is 10.5. The van der Waals surface area contributed by atoms with Crippen LogP contribution in [0.2, 0.25) is 10.0 Å². The van der Waals surface area contributed by atoms with E-state index in [0.29, 0.717) is 36.0 Å². The summed E-state index contributed by atoms with van der Waals surface area (Å²) in [6, 6.07) is 15.2. The first-order valence-electron chi connectivity index (χ1n) is 9.06. The molecule has 3 aromatic carbocycles. The number of fused-ring (bicyclic) bond motifs is 6. The van der Waals surface area contributed by atoms with Crippen LogP contribution in [0.1, 0.15) is 22.3 Å². The molecule has 5 rings (SSSR count). The van der Waals surface area contributed by atoms with Gasteiger partial charge in [-0.05, 0) is 29.3 Å². The third kappa shape index (κ3) is 2.57. The third-order valence-electron chi connectivity index (χ3n) is 5.28. The van der Waals surface area contributed by atoms with E-state index < -0.39 is 5.60 Å². The van der Waals surface area contributed by atoms with Crippen LogP contribution in [-0.4, -0.2) is 11.7 Å². The third-order valence-corrected chi connectivity index (χ3v) is 5.92. The van der Waals surface area contributed by atoms with Crippen molar-refractivity contribution >= 4 is 23.2 Å². The zero-order chi connectivity index (χ0) is 20.2. The van der Waals surface area contributed by atoms with E-state index >= 15 is 0 Å². The Balaban J connectivity index is 1.81. The van der Waals surface area contributed by atoms with Crippen LogP contribution in [0, 0.1) is 0 Å². The lowest BCUT2D eigenvalue weighted by Gasteiger charge is -2.38. The van der Waals surface area contributed by atoms with Crippen LogP contribution in [-0.2, 0) is 16.9 Å². The van der Waals surface area contributed by atoms with E-state index in [1.165, 1.54) is 0 Å². The summed E-state index contributed by atoms with van der Waals surface area (Å²) >= 11 is 12.7. The van der Waals surface area contributed by atoms with Crippen LogP contribution >= 0.6 is 23.2 Å². The maximum absolute atomic E-state index is 10.3. The fraction of sp³-hybridized carbons (Fsp3) is 0.130. The summed E-state index contributed by atoms with van der Waals surface area (Å²) in [6.45, 7) is 4.47. The van der Waals surface area contributed by atoms with Crippen LogP contribution in [0.5, 0.6) is 23.0 Å². The number of hydrogen-bond acceptors (Lipinski definition) is 4. The summed E-state index contributed by atoms with van der Waals surface area (Å²) in [5.41, 5.74) is 2.58. The maximum atomic E-state index is 10.3. The Morgan fingerprint density at radius 2 is 1.93 bits per heavy atom.